The van der Waals surface area contributed by atoms with Crippen LogP contribution in [0.4, 0.5) is 4.79 Å². The predicted molar refractivity (Wildman–Crippen MR) is 139 cm³/mol. The summed E-state index contributed by atoms with van der Waals surface area (Å²) in [5, 5.41) is 8.94. The van der Waals surface area contributed by atoms with Gasteiger partial charge in [-0.05, 0) is 59.7 Å². The molecule has 0 aromatic heterocycles. The molecule has 0 bridgehead atoms. The first-order valence-corrected chi connectivity index (χ1v) is 12.5. The molecule has 0 unspecified atom stereocenters. The molecule has 1 heterocycles. The smallest absolute Gasteiger partial charge is 0.293 e. The van der Waals surface area contributed by atoms with E-state index in [0.29, 0.717) is 50.8 Å². The Balaban J connectivity index is 1.57. The van der Waals surface area contributed by atoms with Crippen molar-refractivity contribution in [2.75, 3.05) is 6.61 Å². The molecular weight excluding hydrogens is 528 g/mol. The molecule has 6 nitrogen and oxygen atoms in total. The lowest BCUT2D eigenvalue weighted by atomic mass is 10.1. The summed E-state index contributed by atoms with van der Waals surface area (Å²) in [6.45, 7) is 2.75. The minimum absolute atomic E-state index is 0.0450. The van der Waals surface area contributed by atoms with E-state index in [1.54, 1.807) is 42.5 Å². The molecule has 0 spiro atoms. The summed E-state index contributed by atoms with van der Waals surface area (Å²) >= 11 is 4.43. The van der Waals surface area contributed by atoms with Gasteiger partial charge in [0.05, 0.1) is 29.7 Å². The maximum Gasteiger partial charge on any atom is 0.293 e. The van der Waals surface area contributed by atoms with Crippen molar-refractivity contribution in [3.63, 3.8) is 0 Å². The van der Waals surface area contributed by atoms with Crippen LogP contribution in [0.25, 0.3) is 6.08 Å². The van der Waals surface area contributed by atoms with Gasteiger partial charge in [-0.2, -0.15) is 5.26 Å². The van der Waals surface area contributed by atoms with Gasteiger partial charge >= 0.3 is 0 Å². The number of amides is 2. The molecule has 2 amide bonds. The number of carbonyl (C=O) groups excluding carboxylic acids is 2. The fourth-order valence-electron chi connectivity index (χ4n) is 3.49. The monoisotopic (exact) mass is 548 g/mol. The number of rotatable bonds is 8. The van der Waals surface area contributed by atoms with Gasteiger partial charge in [-0.3, -0.25) is 14.5 Å². The van der Waals surface area contributed by atoms with Crippen molar-refractivity contribution in [3.8, 4) is 17.6 Å². The molecule has 1 fully saturated rings. The van der Waals surface area contributed by atoms with Crippen molar-refractivity contribution in [2.45, 2.75) is 20.1 Å². The summed E-state index contributed by atoms with van der Waals surface area (Å²) in [6, 6.07) is 22.4. The lowest BCUT2D eigenvalue weighted by Crippen LogP contribution is -2.27. The maximum atomic E-state index is 13.0. The molecule has 8 heteroatoms. The third kappa shape index (κ3) is 5.76. The van der Waals surface area contributed by atoms with E-state index in [9.17, 15) is 14.9 Å². The van der Waals surface area contributed by atoms with Crippen LogP contribution >= 0.6 is 27.7 Å². The SMILES string of the molecule is CCOc1cc(/C=C2/SC(=O)N(Cc3ccccc3C#N)C2=O)c(Br)cc1OCc1ccccc1. The predicted octanol–water partition coefficient (Wildman–Crippen LogP) is 6.53. The van der Waals surface area contributed by atoms with Crippen LogP contribution in [-0.4, -0.2) is 22.7 Å². The normalized spacial score (nSPS) is 14.3. The van der Waals surface area contributed by atoms with Crippen molar-refractivity contribution in [3.05, 3.63) is 98.4 Å². The Morgan fingerprint density at radius 3 is 2.49 bits per heavy atom. The van der Waals surface area contributed by atoms with Crippen LogP contribution in [0.1, 0.15) is 29.2 Å². The number of ether oxygens (including phenoxy) is 2. The maximum absolute atomic E-state index is 13.0. The van der Waals surface area contributed by atoms with Gasteiger partial charge in [0.2, 0.25) is 0 Å². The fourth-order valence-corrected chi connectivity index (χ4v) is 4.76. The average Bonchev–Trinajstić information content (AvgIpc) is 3.13. The lowest BCUT2D eigenvalue weighted by Gasteiger charge is -2.14. The van der Waals surface area contributed by atoms with Crippen molar-refractivity contribution < 1.29 is 19.1 Å². The summed E-state index contributed by atoms with van der Waals surface area (Å²) in [6.07, 6.45) is 1.66. The summed E-state index contributed by atoms with van der Waals surface area (Å²) < 4.78 is 12.5. The van der Waals surface area contributed by atoms with E-state index >= 15 is 0 Å². The van der Waals surface area contributed by atoms with Crippen LogP contribution in [0.2, 0.25) is 0 Å². The largest absolute Gasteiger partial charge is 0.490 e. The molecule has 35 heavy (non-hydrogen) atoms. The molecule has 3 aromatic carbocycles. The van der Waals surface area contributed by atoms with E-state index < -0.39 is 5.91 Å². The lowest BCUT2D eigenvalue weighted by molar-refractivity contribution is -0.123. The summed E-state index contributed by atoms with van der Waals surface area (Å²) in [7, 11) is 0. The molecule has 1 saturated heterocycles. The highest BCUT2D eigenvalue weighted by molar-refractivity contribution is 9.10. The van der Waals surface area contributed by atoms with Crippen molar-refractivity contribution in [1.82, 2.24) is 4.90 Å². The Hall–Kier alpha value is -3.54. The topological polar surface area (TPSA) is 79.6 Å². The first-order valence-electron chi connectivity index (χ1n) is 10.9. The Labute approximate surface area is 216 Å². The molecular formula is C27H21BrN2O4S. The van der Waals surface area contributed by atoms with E-state index in [2.05, 4.69) is 22.0 Å². The molecule has 1 aliphatic heterocycles. The van der Waals surface area contributed by atoms with Gasteiger partial charge in [-0.15, -0.1) is 0 Å². The molecule has 3 aromatic rings. The number of carbonyl (C=O) groups is 2. The molecule has 4 rings (SSSR count). The highest BCUT2D eigenvalue weighted by Crippen LogP contribution is 2.39. The first kappa shape index (κ1) is 24.6. The fraction of sp³-hybridized carbons (Fsp3) is 0.148. The number of benzene rings is 3. The number of nitriles is 1. The Bertz CT molecular complexity index is 1330. The number of thioether (sulfide) groups is 1. The number of halogens is 1. The summed E-state index contributed by atoms with van der Waals surface area (Å²) in [5.41, 5.74) is 2.77. The van der Waals surface area contributed by atoms with E-state index in [1.165, 1.54) is 0 Å². The number of nitrogens with zero attached hydrogens (tertiary/aromatic N) is 2. The molecule has 176 valence electrons. The summed E-state index contributed by atoms with van der Waals surface area (Å²) in [4.78, 5) is 27.1. The van der Waals surface area contributed by atoms with E-state index in [0.717, 1.165) is 22.2 Å². The Morgan fingerprint density at radius 1 is 1.03 bits per heavy atom. The van der Waals surface area contributed by atoms with Gasteiger partial charge in [0.1, 0.15) is 6.61 Å². The highest BCUT2D eigenvalue weighted by atomic mass is 79.9. The second kappa shape index (κ2) is 11.3. The molecule has 0 N–H and O–H groups in total. The summed E-state index contributed by atoms with van der Waals surface area (Å²) in [5.74, 6) is 0.711. The minimum atomic E-state index is -0.401. The molecule has 1 aliphatic rings. The van der Waals surface area contributed by atoms with Crippen LogP contribution in [0.15, 0.2) is 76.1 Å². The zero-order valence-electron chi connectivity index (χ0n) is 18.9. The van der Waals surface area contributed by atoms with Gasteiger partial charge in [-0.25, -0.2) is 0 Å². The second-order valence-electron chi connectivity index (χ2n) is 7.56. The van der Waals surface area contributed by atoms with Gasteiger partial charge in [0.25, 0.3) is 11.1 Å². The van der Waals surface area contributed by atoms with Crippen LogP contribution in [0, 0.1) is 11.3 Å². The van der Waals surface area contributed by atoms with E-state index in [1.807, 2.05) is 37.3 Å². The van der Waals surface area contributed by atoms with Crippen LogP contribution < -0.4 is 9.47 Å². The van der Waals surface area contributed by atoms with Gasteiger partial charge in [-0.1, -0.05) is 64.5 Å². The second-order valence-corrected chi connectivity index (χ2v) is 9.41. The van der Waals surface area contributed by atoms with Gasteiger partial charge in [0.15, 0.2) is 11.5 Å². The van der Waals surface area contributed by atoms with Crippen LogP contribution in [0.3, 0.4) is 0 Å². The zero-order valence-corrected chi connectivity index (χ0v) is 21.3. The Morgan fingerprint density at radius 2 is 1.74 bits per heavy atom. The van der Waals surface area contributed by atoms with Crippen LogP contribution in [-0.2, 0) is 17.9 Å². The number of imide groups is 1. The molecule has 0 atom stereocenters. The van der Waals surface area contributed by atoms with Crippen molar-refractivity contribution in [2.24, 2.45) is 0 Å². The average molecular weight is 549 g/mol. The van der Waals surface area contributed by atoms with E-state index in [4.69, 9.17) is 9.47 Å². The Kier molecular flexibility index (Phi) is 7.91. The quantitative estimate of drug-likeness (QED) is 0.297. The molecule has 0 aliphatic carbocycles. The standard InChI is InChI=1S/C27H21BrN2O4S/c1-2-33-23-12-21(22(28)14-24(23)34-17-18-8-4-3-5-9-18)13-25-26(31)30(27(32)35-25)16-20-11-7-6-10-19(20)15-29/h3-14H,2,16-17H2,1H3/b25-13+. The number of hydrogen-bond acceptors (Lipinski definition) is 6. The minimum Gasteiger partial charge on any atom is -0.490 e. The third-order valence-corrected chi connectivity index (χ3v) is 6.82. The van der Waals surface area contributed by atoms with Crippen LogP contribution in [0.5, 0.6) is 11.5 Å². The van der Waals surface area contributed by atoms with Gasteiger partial charge in [0, 0.05) is 4.47 Å². The van der Waals surface area contributed by atoms with Gasteiger partial charge < -0.3 is 9.47 Å². The number of hydrogen-bond donors (Lipinski definition) is 0. The zero-order chi connectivity index (χ0) is 24.8. The van der Waals surface area contributed by atoms with Crippen molar-refractivity contribution in [1.29, 1.82) is 5.26 Å². The third-order valence-electron chi connectivity index (χ3n) is 5.23. The highest BCUT2D eigenvalue weighted by Gasteiger charge is 2.35. The van der Waals surface area contributed by atoms with Crippen molar-refractivity contribution >= 4 is 44.9 Å². The molecule has 0 radical (unpaired) electrons. The first-order chi connectivity index (χ1) is 17.0. The molecule has 0 saturated carbocycles. The van der Waals surface area contributed by atoms with E-state index in [-0.39, 0.29) is 11.8 Å².